The van der Waals surface area contributed by atoms with E-state index in [0.29, 0.717) is 18.5 Å². The Labute approximate surface area is 205 Å². The number of guanidine groups is 1. The van der Waals surface area contributed by atoms with Gasteiger partial charge >= 0.3 is 0 Å². The molecule has 0 saturated carbocycles. The molecule has 1 unspecified atom stereocenters. The Kier molecular flexibility index (Phi) is 10.1. The molecule has 2 saturated heterocycles. The van der Waals surface area contributed by atoms with Crippen LogP contribution in [0.4, 0.5) is 0 Å². The maximum Gasteiger partial charge on any atom is 0.236 e. The summed E-state index contributed by atoms with van der Waals surface area (Å²) in [6.07, 6.45) is 7.92. The number of halogens is 1. The van der Waals surface area contributed by atoms with Crippen LogP contribution in [0.2, 0.25) is 0 Å². The topological polar surface area (TPSA) is 72.1 Å². The minimum atomic E-state index is 0. The van der Waals surface area contributed by atoms with Gasteiger partial charge in [0.25, 0.3) is 0 Å². The van der Waals surface area contributed by atoms with Crippen LogP contribution in [0.25, 0.3) is 10.8 Å². The molecular formula is C22H33IN4O3S. The molecule has 4 rings (SSSR count). The SMILES string of the molecule is CCNC(=NCc1coc(-c2cccs2)n1)N1CCC(OCC2CCCCO2)CC1.I. The molecule has 7 nitrogen and oxygen atoms in total. The molecule has 2 aliphatic heterocycles. The van der Waals surface area contributed by atoms with E-state index in [2.05, 4.69) is 22.1 Å². The fraction of sp³-hybridized carbons (Fsp3) is 0.636. The van der Waals surface area contributed by atoms with Gasteiger partial charge in [0.15, 0.2) is 5.96 Å². The van der Waals surface area contributed by atoms with Crippen molar-refractivity contribution in [1.29, 1.82) is 0 Å². The Morgan fingerprint density at radius 1 is 1.32 bits per heavy atom. The smallest absolute Gasteiger partial charge is 0.236 e. The number of oxazole rings is 1. The first-order valence-electron chi connectivity index (χ1n) is 11.1. The molecule has 31 heavy (non-hydrogen) atoms. The van der Waals surface area contributed by atoms with Gasteiger partial charge in [0.1, 0.15) is 12.0 Å². The summed E-state index contributed by atoms with van der Waals surface area (Å²) in [5.41, 5.74) is 0.847. The molecule has 0 spiro atoms. The second-order valence-corrected chi connectivity index (χ2v) is 8.75. The number of thiophene rings is 1. The molecule has 1 N–H and O–H groups in total. The van der Waals surface area contributed by atoms with Gasteiger partial charge in [0.2, 0.25) is 5.89 Å². The molecule has 1 atom stereocenters. The number of ether oxygens (including phenoxy) is 2. The van der Waals surface area contributed by atoms with Crippen molar-refractivity contribution in [2.45, 2.75) is 57.8 Å². The van der Waals surface area contributed by atoms with Crippen LogP contribution in [-0.2, 0) is 16.0 Å². The molecule has 4 heterocycles. The van der Waals surface area contributed by atoms with E-state index in [0.717, 1.165) is 68.6 Å². The highest BCUT2D eigenvalue weighted by molar-refractivity contribution is 14.0. The van der Waals surface area contributed by atoms with Crippen molar-refractivity contribution < 1.29 is 13.9 Å². The highest BCUT2D eigenvalue weighted by Crippen LogP contribution is 2.24. The summed E-state index contributed by atoms with van der Waals surface area (Å²) >= 11 is 1.63. The molecule has 2 fully saturated rings. The predicted molar refractivity (Wildman–Crippen MR) is 134 cm³/mol. The number of nitrogens with one attached hydrogen (secondary N) is 1. The molecule has 2 aromatic rings. The van der Waals surface area contributed by atoms with Gasteiger partial charge in [0, 0.05) is 26.2 Å². The lowest BCUT2D eigenvalue weighted by Crippen LogP contribution is -2.47. The lowest BCUT2D eigenvalue weighted by Gasteiger charge is -2.35. The third-order valence-electron chi connectivity index (χ3n) is 5.54. The molecule has 0 bridgehead atoms. The molecule has 172 valence electrons. The zero-order valence-electron chi connectivity index (χ0n) is 18.1. The fourth-order valence-corrected chi connectivity index (χ4v) is 4.55. The van der Waals surface area contributed by atoms with Crippen LogP contribution in [0, 0.1) is 0 Å². The first-order chi connectivity index (χ1) is 14.8. The van der Waals surface area contributed by atoms with Crippen molar-refractivity contribution in [2.75, 3.05) is 32.8 Å². The van der Waals surface area contributed by atoms with Gasteiger partial charge in [-0.1, -0.05) is 6.07 Å². The second kappa shape index (κ2) is 12.8. The molecule has 0 radical (unpaired) electrons. The maximum atomic E-state index is 6.14. The number of nitrogens with zero attached hydrogens (tertiary/aromatic N) is 3. The number of hydrogen-bond acceptors (Lipinski definition) is 6. The van der Waals surface area contributed by atoms with Crippen molar-refractivity contribution in [3.05, 3.63) is 29.5 Å². The van der Waals surface area contributed by atoms with Gasteiger partial charge in [-0.15, -0.1) is 35.3 Å². The summed E-state index contributed by atoms with van der Waals surface area (Å²) in [6.45, 7) is 6.95. The largest absolute Gasteiger partial charge is 0.443 e. The summed E-state index contributed by atoms with van der Waals surface area (Å²) in [6, 6.07) is 4.01. The molecular weight excluding hydrogens is 527 g/mol. The number of piperidine rings is 1. The zero-order chi connectivity index (χ0) is 20.6. The van der Waals surface area contributed by atoms with E-state index in [-0.39, 0.29) is 30.1 Å². The first-order valence-corrected chi connectivity index (χ1v) is 11.9. The van der Waals surface area contributed by atoms with E-state index in [4.69, 9.17) is 18.9 Å². The van der Waals surface area contributed by atoms with Crippen molar-refractivity contribution >= 4 is 41.3 Å². The third kappa shape index (κ3) is 7.16. The van der Waals surface area contributed by atoms with Gasteiger partial charge in [-0.05, 0) is 50.5 Å². The minimum absolute atomic E-state index is 0. The highest BCUT2D eigenvalue weighted by Gasteiger charge is 2.24. The van der Waals surface area contributed by atoms with Crippen molar-refractivity contribution in [1.82, 2.24) is 15.2 Å². The summed E-state index contributed by atoms with van der Waals surface area (Å²) in [4.78, 5) is 12.7. The van der Waals surface area contributed by atoms with E-state index in [1.165, 1.54) is 12.8 Å². The highest BCUT2D eigenvalue weighted by atomic mass is 127. The Bertz CT molecular complexity index is 785. The number of hydrogen-bond donors (Lipinski definition) is 1. The lowest BCUT2D eigenvalue weighted by molar-refractivity contribution is -0.0721. The standard InChI is InChI=1S/C22H32N4O3S.HI/c1-2-23-22(24-14-17-15-29-21(25-17)20-7-5-13-30-20)26-10-8-18(9-11-26)28-16-19-6-3-4-12-27-19;/h5,7,13,15,18-19H,2-4,6,8-12,14,16H2,1H3,(H,23,24);1H. The summed E-state index contributed by atoms with van der Waals surface area (Å²) < 4.78 is 17.5. The van der Waals surface area contributed by atoms with E-state index in [9.17, 15) is 0 Å². The Morgan fingerprint density at radius 3 is 2.90 bits per heavy atom. The summed E-state index contributed by atoms with van der Waals surface area (Å²) in [5.74, 6) is 1.60. The van der Waals surface area contributed by atoms with Crippen molar-refractivity contribution in [3.8, 4) is 10.8 Å². The van der Waals surface area contributed by atoms with Crippen LogP contribution in [0.3, 0.4) is 0 Å². The average Bonchev–Trinajstić information content (AvgIpc) is 3.48. The minimum Gasteiger partial charge on any atom is -0.443 e. The molecule has 0 aromatic carbocycles. The van der Waals surface area contributed by atoms with Gasteiger partial charge in [-0.3, -0.25) is 0 Å². The van der Waals surface area contributed by atoms with E-state index >= 15 is 0 Å². The van der Waals surface area contributed by atoms with Crippen LogP contribution in [-0.4, -0.2) is 60.9 Å². The Morgan fingerprint density at radius 2 is 2.19 bits per heavy atom. The number of likely N-dealkylation sites (tertiary alicyclic amines) is 1. The van der Waals surface area contributed by atoms with E-state index in [1.807, 2.05) is 17.5 Å². The van der Waals surface area contributed by atoms with Crippen molar-refractivity contribution in [2.24, 2.45) is 4.99 Å². The number of aromatic nitrogens is 1. The number of aliphatic imine (C=N–C) groups is 1. The van der Waals surface area contributed by atoms with E-state index < -0.39 is 0 Å². The van der Waals surface area contributed by atoms with Crippen LogP contribution >= 0.6 is 35.3 Å². The lowest BCUT2D eigenvalue weighted by atomic mass is 10.1. The molecule has 2 aromatic heterocycles. The Hall–Kier alpha value is -1.17. The summed E-state index contributed by atoms with van der Waals surface area (Å²) in [7, 11) is 0. The van der Waals surface area contributed by atoms with Gasteiger partial charge in [-0.2, -0.15) is 0 Å². The monoisotopic (exact) mass is 560 g/mol. The fourth-order valence-electron chi connectivity index (χ4n) is 3.89. The van der Waals surface area contributed by atoms with Crippen LogP contribution < -0.4 is 5.32 Å². The number of rotatable bonds is 7. The summed E-state index contributed by atoms with van der Waals surface area (Å²) in [5, 5.41) is 5.44. The van der Waals surface area contributed by atoms with Crippen molar-refractivity contribution in [3.63, 3.8) is 0 Å². The molecule has 2 aliphatic rings. The zero-order valence-corrected chi connectivity index (χ0v) is 21.3. The third-order valence-corrected chi connectivity index (χ3v) is 6.40. The quantitative estimate of drug-likeness (QED) is 0.305. The Balaban J connectivity index is 0.00000272. The molecule has 0 aliphatic carbocycles. The average molecular weight is 561 g/mol. The maximum absolute atomic E-state index is 6.14. The predicted octanol–water partition coefficient (Wildman–Crippen LogP) is 4.54. The van der Waals surface area contributed by atoms with E-state index in [1.54, 1.807) is 17.6 Å². The van der Waals surface area contributed by atoms with Crippen LogP contribution in [0.15, 0.2) is 33.2 Å². The van der Waals surface area contributed by atoms with Crippen LogP contribution in [0.5, 0.6) is 0 Å². The first kappa shape index (κ1) is 24.5. The molecule has 9 heteroatoms. The van der Waals surface area contributed by atoms with Gasteiger partial charge in [0.05, 0.1) is 30.2 Å². The second-order valence-electron chi connectivity index (χ2n) is 7.80. The van der Waals surface area contributed by atoms with Crippen LogP contribution in [0.1, 0.15) is 44.7 Å². The molecule has 0 amide bonds. The van der Waals surface area contributed by atoms with Gasteiger partial charge in [-0.25, -0.2) is 9.98 Å². The normalized spacial score (nSPS) is 20.5. The van der Waals surface area contributed by atoms with Gasteiger partial charge < -0.3 is 24.1 Å².